The van der Waals surface area contributed by atoms with Crippen molar-refractivity contribution >= 4 is 0 Å². The van der Waals surface area contributed by atoms with E-state index in [2.05, 4.69) is 16.0 Å². The van der Waals surface area contributed by atoms with Crippen molar-refractivity contribution in [2.24, 2.45) is 0 Å². The predicted octanol–water partition coefficient (Wildman–Crippen LogP) is 3.01. The molecule has 0 bridgehead atoms. The molecule has 0 aliphatic carbocycles. The summed E-state index contributed by atoms with van der Waals surface area (Å²) < 4.78 is 5.67. The minimum Gasteiger partial charge on any atom is -0.437 e. The Balaban J connectivity index is 2.31. The van der Waals surface area contributed by atoms with Crippen molar-refractivity contribution in [3.63, 3.8) is 0 Å². The fraction of sp³-hybridized carbons (Fsp3) is 0.214. The van der Waals surface area contributed by atoms with Crippen LogP contribution in [0.5, 0.6) is 11.6 Å². The third-order valence-electron chi connectivity index (χ3n) is 2.49. The van der Waals surface area contributed by atoms with Crippen molar-refractivity contribution in [1.29, 1.82) is 5.26 Å². The summed E-state index contributed by atoms with van der Waals surface area (Å²) in [7, 11) is 0. The normalized spacial score (nSPS) is 9.83. The molecule has 0 fully saturated rings. The van der Waals surface area contributed by atoms with Crippen LogP contribution < -0.4 is 4.74 Å². The third kappa shape index (κ3) is 2.64. The highest BCUT2D eigenvalue weighted by atomic mass is 16.5. The van der Waals surface area contributed by atoms with Crippen LogP contribution in [-0.4, -0.2) is 9.97 Å². The predicted molar refractivity (Wildman–Crippen MR) is 67.4 cm³/mol. The monoisotopic (exact) mass is 239 g/mol. The van der Waals surface area contributed by atoms with Gasteiger partial charge < -0.3 is 4.74 Å². The summed E-state index contributed by atoms with van der Waals surface area (Å²) in [6, 6.07) is 9.07. The Kier molecular flexibility index (Phi) is 3.54. The van der Waals surface area contributed by atoms with Gasteiger partial charge in [0.1, 0.15) is 0 Å². The van der Waals surface area contributed by atoms with E-state index in [0.29, 0.717) is 17.2 Å². The molecule has 0 atom stereocenters. The first-order valence-electron chi connectivity index (χ1n) is 5.73. The van der Waals surface area contributed by atoms with E-state index in [1.165, 1.54) is 0 Å². The van der Waals surface area contributed by atoms with Crippen molar-refractivity contribution in [3.05, 3.63) is 47.4 Å². The smallest absolute Gasteiger partial charge is 0.220 e. The Morgan fingerprint density at radius 2 is 2.17 bits per heavy atom. The van der Waals surface area contributed by atoms with Crippen LogP contribution >= 0.6 is 0 Å². The van der Waals surface area contributed by atoms with E-state index >= 15 is 0 Å². The molecule has 0 saturated heterocycles. The van der Waals surface area contributed by atoms with Crippen LogP contribution in [0.4, 0.5) is 0 Å². The van der Waals surface area contributed by atoms with Gasteiger partial charge in [-0.15, -0.1) is 0 Å². The number of aryl methyl sites for hydroxylation is 2. The first-order chi connectivity index (χ1) is 8.72. The molecule has 0 N–H and O–H groups in total. The zero-order chi connectivity index (χ0) is 13.0. The minimum absolute atomic E-state index is 0.411. The maximum atomic E-state index is 8.82. The number of hydrogen-bond donors (Lipinski definition) is 0. The molecule has 0 saturated carbocycles. The summed E-state index contributed by atoms with van der Waals surface area (Å²) in [5, 5.41) is 8.82. The summed E-state index contributed by atoms with van der Waals surface area (Å²) in [5.74, 6) is 1.10. The average molecular weight is 239 g/mol. The maximum absolute atomic E-state index is 8.82. The van der Waals surface area contributed by atoms with E-state index < -0.39 is 0 Å². The highest BCUT2D eigenvalue weighted by Gasteiger charge is 2.06. The summed E-state index contributed by atoms with van der Waals surface area (Å²) >= 11 is 0. The molecule has 90 valence electrons. The molecule has 0 spiro atoms. The largest absolute Gasteiger partial charge is 0.437 e. The molecule has 0 amide bonds. The number of rotatable bonds is 3. The van der Waals surface area contributed by atoms with Crippen LogP contribution in [0.3, 0.4) is 0 Å². The van der Waals surface area contributed by atoms with Crippen molar-refractivity contribution in [2.45, 2.75) is 20.3 Å². The van der Waals surface area contributed by atoms with Crippen LogP contribution in [0.15, 0.2) is 30.5 Å². The van der Waals surface area contributed by atoms with Gasteiger partial charge in [0.05, 0.1) is 17.3 Å². The Labute approximate surface area is 106 Å². The Bertz CT molecular complexity index is 602. The fourth-order valence-corrected chi connectivity index (χ4v) is 1.59. The third-order valence-corrected chi connectivity index (χ3v) is 2.49. The quantitative estimate of drug-likeness (QED) is 0.826. The number of pyridine rings is 2. The fourth-order valence-electron chi connectivity index (χ4n) is 1.59. The topological polar surface area (TPSA) is 58.8 Å². The second kappa shape index (κ2) is 5.28. The lowest BCUT2D eigenvalue weighted by Crippen LogP contribution is -1.97. The molecule has 0 radical (unpaired) electrons. The highest BCUT2D eigenvalue weighted by molar-refractivity contribution is 5.36. The van der Waals surface area contributed by atoms with Crippen LogP contribution in [0.2, 0.25) is 0 Å². The number of nitrogens with zero attached hydrogens (tertiary/aromatic N) is 3. The van der Waals surface area contributed by atoms with Gasteiger partial charge in [-0.05, 0) is 31.5 Å². The number of aromatic nitrogens is 2. The first-order valence-corrected chi connectivity index (χ1v) is 5.73. The van der Waals surface area contributed by atoms with E-state index in [-0.39, 0.29) is 0 Å². The van der Waals surface area contributed by atoms with Crippen molar-refractivity contribution in [1.82, 2.24) is 9.97 Å². The van der Waals surface area contributed by atoms with E-state index in [1.807, 2.05) is 26.0 Å². The van der Waals surface area contributed by atoms with E-state index in [4.69, 9.17) is 10.00 Å². The van der Waals surface area contributed by atoms with Gasteiger partial charge in [0.25, 0.3) is 0 Å². The summed E-state index contributed by atoms with van der Waals surface area (Å²) in [5.41, 5.74) is 2.37. The molecule has 2 aromatic heterocycles. The molecular weight excluding hydrogens is 226 g/mol. The van der Waals surface area contributed by atoms with Crippen LogP contribution in [-0.2, 0) is 6.42 Å². The van der Waals surface area contributed by atoms with E-state index in [0.717, 1.165) is 17.8 Å². The average Bonchev–Trinajstić information content (AvgIpc) is 2.41. The van der Waals surface area contributed by atoms with E-state index in [1.54, 1.807) is 18.3 Å². The van der Waals surface area contributed by atoms with Crippen molar-refractivity contribution in [3.8, 4) is 17.7 Å². The molecule has 18 heavy (non-hydrogen) atoms. The van der Waals surface area contributed by atoms with Gasteiger partial charge in [-0.1, -0.05) is 6.92 Å². The molecule has 0 unspecified atom stereocenters. The SMILES string of the molecule is CCc1nc(C)ccc1Oc1cc(C#N)ccn1. The number of hydrogen-bond acceptors (Lipinski definition) is 4. The van der Waals surface area contributed by atoms with Gasteiger partial charge >= 0.3 is 0 Å². The standard InChI is InChI=1S/C14H13N3O/c1-3-12-13(5-4-10(2)17-12)18-14-8-11(9-15)6-7-16-14/h4-8H,3H2,1-2H3. The molecule has 2 aromatic rings. The molecule has 0 aromatic carbocycles. The molecule has 2 heterocycles. The lowest BCUT2D eigenvalue weighted by molar-refractivity contribution is 0.454. The van der Waals surface area contributed by atoms with Gasteiger partial charge in [0.2, 0.25) is 5.88 Å². The summed E-state index contributed by atoms with van der Waals surface area (Å²) in [4.78, 5) is 8.49. The second-order valence-corrected chi connectivity index (χ2v) is 3.85. The van der Waals surface area contributed by atoms with Gasteiger partial charge in [0, 0.05) is 18.0 Å². The zero-order valence-corrected chi connectivity index (χ0v) is 10.3. The van der Waals surface area contributed by atoms with Crippen LogP contribution in [0.1, 0.15) is 23.9 Å². The summed E-state index contributed by atoms with van der Waals surface area (Å²) in [6.45, 7) is 3.96. The van der Waals surface area contributed by atoms with Gasteiger partial charge in [-0.25, -0.2) is 4.98 Å². The second-order valence-electron chi connectivity index (χ2n) is 3.85. The lowest BCUT2D eigenvalue weighted by atomic mass is 10.2. The Morgan fingerprint density at radius 1 is 1.33 bits per heavy atom. The molecule has 4 nitrogen and oxygen atoms in total. The van der Waals surface area contributed by atoms with Crippen LogP contribution in [0.25, 0.3) is 0 Å². The molecule has 0 aliphatic rings. The van der Waals surface area contributed by atoms with Gasteiger partial charge in [-0.3, -0.25) is 4.98 Å². The molecule has 4 heteroatoms. The lowest BCUT2D eigenvalue weighted by Gasteiger charge is -2.09. The van der Waals surface area contributed by atoms with Crippen molar-refractivity contribution in [2.75, 3.05) is 0 Å². The Hall–Kier alpha value is -2.41. The molecule has 2 rings (SSSR count). The minimum atomic E-state index is 0.411. The highest BCUT2D eigenvalue weighted by Crippen LogP contribution is 2.23. The Morgan fingerprint density at radius 3 is 2.89 bits per heavy atom. The van der Waals surface area contributed by atoms with Gasteiger partial charge in [0.15, 0.2) is 5.75 Å². The van der Waals surface area contributed by atoms with Gasteiger partial charge in [-0.2, -0.15) is 5.26 Å². The summed E-state index contributed by atoms with van der Waals surface area (Å²) in [6.07, 6.45) is 2.34. The molecule has 0 aliphatic heterocycles. The van der Waals surface area contributed by atoms with Crippen molar-refractivity contribution < 1.29 is 4.74 Å². The molecular formula is C14H13N3O. The van der Waals surface area contributed by atoms with E-state index in [9.17, 15) is 0 Å². The zero-order valence-electron chi connectivity index (χ0n) is 10.3. The maximum Gasteiger partial charge on any atom is 0.220 e. The van der Waals surface area contributed by atoms with Crippen LogP contribution in [0, 0.1) is 18.3 Å². The number of ether oxygens (including phenoxy) is 1. The first kappa shape index (κ1) is 12.1. The number of nitriles is 1.